The highest BCUT2D eigenvalue weighted by molar-refractivity contribution is 14.0. The summed E-state index contributed by atoms with van der Waals surface area (Å²) in [7, 11) is 3.92. The van der Waals surface area contributed by atoms with E-state index >= 15 is 0 Å². The van der Waals surface area contributed by atoms with Crippen molar-refractivity contribution in [3.05, 3.63) is 42.5 Å². The molecule has 0 bridgehead atoms. The summed E-state index contributed by atoms with van der Waals surface area (Å²) in [6.45, 7) is 9.36. The van der Waals surface area contributed by atoms with Gasteiger partial charge in [0.15, 0.2) is 5.96 Å². The van der Waals surface area contributed by atoms with Crippen LogP contribution in [0.2, 0.25) is 0 Å². The average Bonchev–Trinajstić information content (AvgIpc) is 2.64. The van der Waals surface area contributed by atoms with Gasteiger partial charge in [0.05, 0.1) is 7.11 Å². The number of halogens is 1. The van der Waals surface area contributed by atoms with Gasteiger partial charge >= 0.3 is 0 Å². The Labute approximate surface area is 175 Å². The van der Waals surface area contributed by atoms with Gasteiger partial charge < -0.3 is 15.4 Å². The maximum absolute atomic E-state index is 5.29. The standard InChI is InChI=1S/C20H32N4O.HI/c1-5-13-22-20(21-6-2)23-15-17-8-7-14-24(3)19(17)16-9-11-18(25-4)12-10-16;/h5,9-12,17,19H,1,6-8,13-15H2,2-4H3,(H2,21,22,23);1H. The second kappa shape index (κ2) is 12.2. The van der Waals surface area contributed by atoms with Gasteiger partial charge in [0.1, 0.15) is 5.75 Å². The summed E-state index contributed by atoms with van der Waals surface area (Å²) in [5, 5.41) is 6.58. The minimum atomic E-state index is 0. The molecular weight excluding hydrogens is 439 g/mol. The summed E-state index contributed by atoms with van der Waals surface area (Å²) in [6.07, 6.45) is 4.27. The Kier molecular flexibility index (Phi) is 10.7. The SMILES string of the molecule is C=CCNC(=NCC1CCCN(C)C1c1ccc(OC)cc1)NCC.I. The normalized spacial score (nSPS) is 20.8. The zero-order valence-corrected chi connectivity index (χ0v) is 18.5. The lowest BCUT2D eigenvalue weighted by molar-refractivity contribution is 0.125. The molecule has 1 aliphatic heterocycles. The van der Waals surface area contributed by atoms with Crippen molar-refractivity contribution in [3.63, 3.8) is 0 Å². The third-order valence-corrected chi connectivity index (χ3v) is 4.71. The Bertz CT molecular complexity index is 561. The second-order valence-corrected chi connectivity index (χ2v) is 6.49. The molecule has 1 aromatic carbocycles. The lowest BCUT2D eigenvalue weighted by atomic mass is 9.85. The Morgan fingerprint density at radius 3 is 2.69 bits per heavy atom. The quantitative estimate of drug-likeness (QED) is 0.276. The molecule has 26 heavy (non-hydrogen) atoms. The topological polar surface area (TPSA) is 48.9 Å². The van der Waals surface area contributed by atoms with Crippen LogP contribution in [0.4, 0.5) is 0 Å². The number of hydrogen-bond acceptors (Lipinski definition) is 3. The van der Waals surface area contributed by atoms with E-state index in [1.165, 1.54) is 18.4 Å². The largest absolute Gasteiger partial charge is 0.497 e. The number of methoxy groups -OCH3 is 1. The maximum atomic E-state index is 5.29. The van der Waals surface area contributed by atoms with Crippen molar-refractivity contribution in [1.29, 1.82) is 0 Å². The number of benzene rings is 1. The average molecular weight is 472 g/mol. The van der Waals surface area contributed by atoms with Gasteiger partial charge in [-0.25, -0.2) is 0 Å². The molecule has 6 heteroatoms. The van der Waals surface area contributed by atoms with E-state index in [1.807, 2.05) is 18.2 Å². The van der Waals surface area contributed by atoms with Crippen LogP contribution in [-0.2, 0) is 0 Å². The van der Waals surface area contributed by atoms with Gasteiger partial charge in [-0.15, -0.1) is 30.6 Å². The van der Waals surface area contributed by atoms with E-state index in [4.69, 9.17) is 9.73 Å². The molecule has 1 aliphatic rings. The first-order valence-corrected chi connectivity index (χ1v) is 9.16. The maximum Gasteiger partial charge on any atom is 0.191 e. The van der Waals surface area contributed by atoms with E-state index in [0.717, 1.165) is 37.9 Å². The number of piperidine rings is 1. The fourth-order valence-corrected chi connectivity index (χ4v) is 3.50. The van der Waals surface area contributed by atoms with Crippen molar-refractivity contribution >= 4 is 29.9 Å². The van der Waals surface area contributed by atoms with Gasteiger partial charge in [0.25, 0.3) is 0 Å². The number of rotatable bonds is 7. The lowest BCUT2D eigenvalue weighted by Crippen LogP contribution is -2.40. The van der Waals surface area contributed by atoms with Gasteiger partial charge in [0, 0.05) is 25.7 Å². The molecule has 0 radical (unpaired) electrons. The number of aliphatic imine (C=N–C) groups is 1. The van der Waals surface area contributed by atoms with Crippen molar-refractivity contribution in [2.45, 2.75) is 25.8 Å². The van der Waals surface area contributed by atoms with Crippen LogP contribution < -0.4 is 15.4 Å². The van der Waals surface area contributed by atoms with Crippen LogP contribution in [0.25, 0.3) is 0 Å². The van der Waals surface area contributed by atoms with Crippen LogP contribution >= 0.6 is 24.0 Å². The Morgan fingerprint density at radius 2 is 2.08 bits per heavy atom. The Balaban J connectivity index is 0.00000338. The molecule has 146 valence electrons. The number of likely N-dealkylation sites (tertiary alicyclic amines) is 1. The fourth-order valence-electron chi connectivity index (χ4n) is 3.50. The first-order chi connectivity index (χ1) is 12.2. The van der Waals surface area contributed by atoms with Crippen LogP contribution in [0.5, 0.6) is 5.75 Å². The smallest absolute Gasteiger partial charge is 0.191 e. The molecule has 2 rings (SSSR count). The van der Waals surface area contributed by atoms with Crippen molar-refractivity contribution in [3.8, 4) is 5.75 Å². The summed E-state index contributed by atoms with van der Waals surface area (Å²) in [6, 6.07) is 8.86. The lowest BCUT2D eigenvalue weighted by Gasteiger charge is -2.39. The highest BCUT2D eigenvalue weighted by Gasteiger charge is 2.30. The highest BCUT2D eigenvalue weighted by atomic mass is 127. The zero-order chi connectivity index (χ0) is 18.1. The molecule has 0 aliphatic carbocycles. The second-order valence-electron chi connectivity index (χ2n) is 6.49. The van der Waals surface area contributed by atoms with Crippen LogP contribution in [0.1, 0.15) is 31.4 Å². The minimum Gasteiger partial charge on any atom is -0.497 e. The molecule has 2 atom stereocenters. The fraction of sp³-hybridized carbons (Fsp3) is 0.550. The Morgan fingerprint density at radius 1 is 1.35 bits per heavy atom. The van der Waals surface area contributed by atoms with E-state index in [-0.39, 0.29) is 24.0 Å². The predicted octanol–water partition coefficient (Wildman–Crippen LogP) is 3.44. The first-order valence-electron chi connectivity index (χ1n) is 9.16. The van der Waals surface area contributed by atoms with E-state index in [1.54, 1.807) is 7.11 Å². The van der Waals surface area contributed by atoms with E-state index in [0.29, 0.717) is 12.0 Å². The van der Waals surface area contributed by atoms with Crippen LogP contribution in [0.15, 0.2) is 41.9 Å². The summed E-state index contributed by atoms with van der Waals surface area (Å²) in [5.41, 5.74) is 1.34. The molecular formula is C20H33IN4O. The van der Waals surface area contributed by atoms with Crippen LogP contribution in [0.3, 0.4) is 0 Å². The molecule has 0 amide bonds. The van der Waals surface area contributed by atoms with Crippen molar-refractivity contribution in [1.82, 2.24) is 15.5 Å². The molecule has 2 N–H and O–H groups in total. The van der Waals surface area contributed by atoms with E-state index in [2.05, 4.69) is 48.2 Å². The van der Waals surface area contributed by atoms with Crippen molar-refractivity contribution in [2.75, 3.05) is 40.3 Å². The monoisotopic (exact) mass is 472 g/mol. The first kappa shape index (κ1) is 22.8. The number of nitrogens with zero attached hydrogens (tertiary/aromatic N) is 2. The Hall–Kier alpha value is -1.28. The van der Waals surface area contributed by atoms with Crippen molar-refractivity contribution < 1.29 is 4.74 Å². The van der Waals surface area contributed by atoms with E-state index < -0.39 is 0 Å². The summed E-state index contributed by atoms with van der Waals surface area (Å²) in [5.74, 6) is 2.27. The zero-order valence-electron chi connectivity index (χ0n) is 16.2. The van der Waals surface area contributed by atoms with Gasteiger partial charge in [-0.05, 0) is 57.0 Å². The van der Waals surface area contributed by atoms with E-state index in [9.17, 15) is 0 Å². The number of hydrogen-bond donors (Lipinski definition) is 2. The summed E-state index contributed by atoms with van der Waals surface area (Å²) < 4.78 is 5.29. The molecule has 0 aromatic heterocycles. The molecule has 1 heterocycles. The predicted molar refractivity (Wildman–Crippen MR) is 121 cm³/mol. The molecule has 0 saturated carbocycles. The van der Waals surface area contributed by atoms with Gasteiger partial charge in [-0.2, -0.15) is 0 Å². The van der Waals surface area contributed by atoms with Crippen LogP contribution in [-0.4, -0.2) is 51.2 Å². The summed E-state index contributed by atoms with van der Waals surface area (Å²) >= 11 is 0. The number of nitrogens with one attached hydrogen (secondary N) is 2. The summed E-state index contributed by atoms with van der Waals surface area (Å²) in [4.78, 5) is 7.27. The highest BCUT2D eigenvalue weighted by Crippen LogP contribution is 2.35. The third kappa shape index (κ3) is 6.46. The van der Waals surface area contributed by atoms with Crippen LogP contribution in [0, 0.1) is 5.92 Å². The minimum absolute atomic E-state index is 0. The molecule has 5 nitrogen and oxygen atoms in total. The molecule has 1 fully saturated rings. The molecule has 2 unspecified atom stereocenters. The van der Waals surface area contributed by atoms with Gasteiger partial charge in [-0.1, -0.05) is 18.2 Å². The number of ether oxygens (including phenoxy) is 1. The number of guanidine groups is 1. The molecule has 0 spiro atoms. The van der Waals surface area contributed by atoms with Gasteiger partial charge in [0.2, 0.25) is 0 Å². The van der Waals surface area contributed by atoms with Crippen molar-refractivity contribution in [2.24, 2.45) is 10.9 Å². The third-order valence-electron chi connectivity index (χ3n) is 4.71. The van der Waals surface area contributed by atoms with Gasteiger partial charge in [-0.3, -0.25) is 9.89 Å². The molecule has 1 saturated heterocycles. The molecule has 1 aromatic rings.